The van der Waals surface area contributed by atoms with Crippen molar-refractivity contribution >= 4 is 17.7 Å². The lowest BCUT2D eigenvalue weighted by molar-refractivity contribution is -0.144. The summed E-state index contributed by atoms with van der Waals surface area (Å²) in [6.07, 6.45) is 1.40. The molecule has 0 aromatic carbocycles. The van der Waals surface area contributed by atoms with Crippen LogP contribution in [-0.2, 0) is 14.3 Å². The van der Waals surface area contributed by atoms with Gasteiger partial charge in [-0.15, -0.1) is 0 Å². The molecule has 2 N–H and O–H groups in total. The summed E-state index contributed by atoms with van der Waals surface area (Å²) in [5.74, 6) is 0.0376. The van der Waals surface area contributed by atoms with Crippen molar-refractivity contribution in [2.24, 2.45) is 0 Å². The molecule has 3 rings (SSSR count). The van der Waals surface area contributed by atoms with Gasteiger partial charge in [-0.05, 0) is 26.0 Å². The molecule has 1 amide bonds. The maximum Gasteiger partial charge on any atom is 0.306 e. The van der Waals surface area contributed by atoms with Gasteiger partial charge in [-0.1, -0.05) is 0 Å². The van der Waals surface area contributed by atoms with Crippen LogP contribution in [0.3, 0.4) is 0 Å². The molecule has 0 atom stereocenters. The Hall–Kier alpha value is -3.69. The van der Waals surface area contributed by atoms with Gasteiger partial charge in [-0.3, -0.25) is 19.4 Å². The maximum absolute atomic E-state index is 12.3. The highest BCUT2D eigenvalue weighted by Gasteiger charge is 2.17. The molecule has 0 aliphatic heterocycles. The van der Waals surface area contributed by atoms with Crippen molar-refractivity contribution in [3.8, 4) is 17.4 Å². The lowest BCUT2D eigenvalue weighted by Crippen LogP contribution is -2.19. The Balaban J connectivity index is 1.89. The summed E-state index contributed by atoms with van der Waals surface area (Å²) < 4.78 is 11.5. The lowest BCUT2D eigenvalue weighted by atomic mass is 10.3. The van der Waals surface area contributed by atoms with Gasteiger partial charge in [0.2, 0.25) is 11.9 Å². The Labute approximate surface area is 159 Å². The number of nitrogens with zero attached hydrogens (tertiary/aromatic N) is 3. The molecule has 10 nitrogen and oxygen atoms in total. The van der Waals surface area contributed by atoms with E-state index in [9.17, 15) is 14.4 Å². The van der Waals surface area contributed by atoms with Crippen molar-refractivity contribution in [3.05, 3.63) is 46.6 Å². The smallest absolute Gasteiger partial charge is 0.306 e. The van der Waals surface area contributed by atoms with Crippen LogP contribution in [0, 0.1) is 6.92 Å². The fourth-order valence-electron chi connectivity index (χ4n) is 2.49. The number of H-pyrrole nitrogens is 1. The van der Waals surface area contributed by atoms with E-state index in [4.69, 9.17) is 9.15 Å². The second-order valence-corrected chi connectivity index (χ2v) is 5.87. The van der Waals surface area contributed by atoms with Crippen molar-refractivity contribution in [1.82, 2.24) is 19.7 Å². The van der Waals surface area contributed by atoms with Crippen LogP contribution in [0.25, 0.3) is 17.4 Å². The number of hydrogen-bond donors (Lipinski definition) is 2. The summed E-state index contributed by atoms with van der Waals surface area (Å²) in [7, 11) is 0. The summed E-state index contributed by atoms with van der Waals surface area (Å²) in [5.41, 5.74) is 0.584. The first-order chi connectivity index (χ1) is 13.5. The van der Waals surface area contributed by atoms with Gasteiger partial charge in [-0.2, -0.15) is 9.78 Å². The Morgan fingerprint density at radius 1 is 1.32 bits per heavy atom. The molecule has 0 bridgehead atoms. The molecular weight excluding hydrogens is 366 g/mol. The fourth-order valence-corrected chi connectivity index (χ4v) is 2.49. The van der Waals surface area contributed by atoms with Crippen molar-refractivity contribution in [2.45, 2.75) is 26.7 Å². The van der Waals surface area contributed by atoms with Gasteiger partial charge < -0.3 is 14.5 Å². The van der Waals surface area contributed by atoms with Crippen molar-refractivity contribution in [2.75, 3.05) is 11.9 Å². The first-order valence-corrected chi connectivity index (χ1v) is 8.64. The molecule has 0 radical (unpaired) electrons. The van der Waals surface area contributed by atoms with E-state index in [0.717, 1.165) is 0 Å². The van der Waals surface area contributed by atoms with Crippen LogP contribution in [0.4, 0.5) is 5.82 Å². The maximum atomic E-state index is 12.3. The van der Waals surface area contributed by atoms with Gasteiger partial charge >= 0.3 is 5.97 Å². The van der Waals surface area contributed by atoms with Crippen LogP contribution in [0.1, 0.15) is 25.5 Å². The normalized spacial score (nSPS) is 10.6. The number of carbonyl (C=O) groups excluding carboxylic acids is 2. The minimum Gasteiger partial charge on any atom is -0.466 e. The monoisotopic (exact) mass is 385 g/mol. The van der Waals surface area contributed by atoms with E-state index >= 15 is 0 Å². The Morgan fingerprint density at radius 2 is 2.14 bits per heavy atom. The molecule has 0 unspecified atom stereocenters. The molecule has 0 spiro atoms. The molecule has 3 aromatic heterocycles. The molecule has 0 fully saturated rings. The van der Waals surface area contributed by atoms with Crippen LogP contribution in [0.2, 0.25) is 0 Å². The van der Waals surface area contributed by atoms with E-state index < -0.39 is 11.9 Å². The summed E-state index contributed by atoms with van der Waals surface area (Å²) in [4.78, 5) is 42.3. The van der Waals surface area contributed by atoms with Gasteiger partial charge in [0, 0.05) is 24.2 Å². The fraction of sp³-hybridized carbons (Fsp3) is 0.278. The number of aryl methyl sites for hydroxylation is 1. The van der Waals surface area contributed by atoms with E-state index in [1.54, 1.807) is 32.0 Å². The van der Waals surface area contributed by atoms with Crippen LogP contribution in [0.5, 0.6) is 0 Å². The number of anilines is 1. The molecule has 0 saturated carbocycles. The minimum atomic E-state index is -0.452. The second-order valence-electron chi connectivity index (χ2n) is 5.87. The number of hydrogen-bond acceptors (Lipinski definition) is 7. The number of furan rings is 1. The molecule has 28 heavy (non-hydrogen) atoms. The Kier molecular flexibility index (Phi) is 5.68. The number of aromatic nitrogens is 4. The molecule has 3 heterocycles. The minimum absolute atomic E-state index is 0.0433. The van der Waals surface area contributed by atoms with Crippen LogP contribution >= 0.6 is 0 Å². The highest BCUT2D eigenvalue weighted by atomic mass is 16.5. The van der Waals surface area contributed by atoms with Crippen LogP contribution < -0.4 is 10.9 Å². The number of aromatic amines is 1. The highest BCUT2D eigenvalue weighted by molar-refractivity contribution is 5.92. The van der Waals surface area contributed by atoms with E-state index in [-0.39, 0.29) is 36.8 Å². The quantitative estimate of drug-likeness (QED) is 0.593. The van der Waals surface area contributed by atoms with Gasteiger partial charge in [0.1, 0.15) is 11.5 Å². The summed E-state index contributed by atoms with van der Waals surface area (Å²) in [5, 5.41) is 7.04. The molecule has 0 aliphatic carbocycles. The third-order valence-electron chi connectivity index (χ3n) is 3.67. The number of carbonyl (C=O) groups is 2. The predicted octanol–water partition coefficient (Wildman–Crippen LogP) is 1.81. The number of esters is 1. The molecule has 146 valence electrons. The molecule has 3 aromatic rings. The van der Waals surface area contributed by atoms with Crippen molar-refractivity contribution in [3.63, 3.8) is 0 Å². The zero-order valence-corrected chi connectivity index (χ0v) is 15.4. The third kappa shape index (κ3) is 4.53. The Bertz CT molecular complexity index is 1040. The average Bonchev–Trinajstić information content (AvgIpc) is 3.29. The second kappa shape index (κ2) is 8.33. The third-order valence-corrected chi connectivity index (χ3v) is 3.67. The van der Waals surface area contributed by atoms with Crippen LogP contribution in [0.15, 0.2) is 39.7 Å². The van der Waals surface area contributed by atoms with Gasteiger partial charge in [0.05, 0.1) is 19.3 Å². The molecule has 0 saturated heterocycles. The predicted molar refractivity (Wildman–Crippen MR) is 98.9 cm³/mol. The summed E-state index contributed by atoms with van der Waals surface area (Å²) in [6, 6.07) is 6.35. The number of nitrogens with one attached hydrogen (secondary N) is 2. The van der Waals surface area contributed by atoms with E-state index in [0.29, 0.717) is 17.1 Å². The number of rotatable bonds is 7. The first-order valence-electron chi connectivity index (χ1n) is 8.64. The summed E-state index contributed by atoms with van der Waals surface area (Å²) in [6.45, 7) is 3.63. The SMILES string of the molecule is CCOC(=O)CCC(=O)Nc1cc(-c2ccco2)nn1-c1nc(C)cc(=O)[nH]1. The highest BCUT2D eigenvalue weighted by Crippen LogP contribution is 2.24. The zero-order chi connectivity index (χ0) is 20.1. The molecule has 10 heteroatoms. The first kappa shape index (κ1) is 19.1. The Morgan fingerprint density at radius 3 is 2.82 bits per heavy atom. The van der Waals surface area contributed by atoms with E-state index in [2.05, 4.69) is 20.4 Å². The number of amides is 1. The van der Waals surface area contributed by atoms with Crippen LogP contribution in [-0.4, -0.2) is 38.2 Å². The van der Waals surface area contributed by atoms with E-state index in [1.165, 1.54) is 17.0 Å². The van der Waals surface area contributed by atoms with Gasteiger partial charge in [0.15, 0.2) is 5.76 Å². The summed E-state index contributed by atoms with van der Waals surface area (Å²) >= 11 is 0. The average molecular weight is 385 g/mol. The van der Waals surface area contributed by atoms with Crippen molar-refractivity contribution in [1.29, 1.82) is 0 Å². The van der Waals surface area contributed by atoms with E-state index in [1.807, 2.05) is 0 Å². The largest absolute Gasteiger partial charge is 0.466 e. The zero-order valence-electron chi connectivity index (χ0n) is 15.4. The standard InChI is InChI=1S/C18H19N5O5/c1-3-27-17(26)7-6-15(24)20-14-10-12(13-5-4-8-28-13)22-23(14)18-19-11(2)9-16(25)21-18/h4-5,8-10H,3,6-7H2,1-2H3,(H,20,24)(H,19,21,25). The molecular formula is C18H19N5O5. The number of ether oxygens (including phenoxy) is 1. The van der Waals surface area contributed by atoms with Crippen molar-refractivity contribution < 1.29 is 18.7 Å². The van der Waals surface area contributed by atoms with Gasteiger partial charge in [0.25, 0.3) is 5.56 Å². The lowest BCUT2D eigenvalue weighted by Gasteiger charge is -2.08. The topological polar surface area (TPSA) is 132 Å². The van der Waals surface area contributed by atoms with Gasteiger partial charge in [-0.25, -0.2) is 4.98 Å². The molecule has 0 aliphatic rings.